The van der Waals surface area contributed by atoms with Gasteiger partial charge in [-0.05, 0) is 62.0 Å². The minimum Gasteiger partial charge on any atom is -0.399 e. The van der Waals surface area contributed by atoms with Crippen molar-refractivity contribution in [3.63, 3.8) is 0 Å². The van der Waals surface area contributed by atoms with E-state index in [2.05, 4.69) is 10.2 Å². The monoisotopic (exact) mass is 441 g/mol. The third-order valence-corrected chi connectivity index (χ3v) is 6.15. The molecule has 11 nitrogen and oxygen atoms in total. The number of hydrogen-bond donors (Lipinski definition) is 6. The van der Waals surface area contributed by atoms with E-state index >= 15 is 0 Å². The number of aromatic nitrogens is 3. The quantitative estimate of drug-likeness (QED) is 0.315. The number of anilines is 5. The lowest BCUT2D eigenvalue weighted by molar-refractivity contribution is 0.326. The van der Waals surface area contributed by atoms with E-state index in [1.165, 1.54) is 0 Å². The predicted octanol–water partition coefficient (Wildman–Crippen LogP) is -0.578. The summed E-state index contributed by atoms with van der Waals surface area (Å²) in [6.07, 6.45) is 1.81. The van der Waals surface area contributed by atoms with Gasteiger partial charge in [-0.1, -0.05) is 0 Å². The van der Waals surface area contributed by atoms with Crippen LogP contribution in [-0.2, 0) is 0 Å². The van der Waals surface area contributed by atoms with Crippen molar-refractivity contribution in [3.8, 4) is 0 Å². The largest absolute Gasteiger partial charge is 0.399 e. The lowest BCUT2D eigenvalue weighted by atomic mass is 9.89. The van der Waals surface area contributed by atoms with Crippen molar-refractivity contribution in [3.05, 3.63) is 24.3 Å². The third-order valence-electron chi connectivity index (χ3n) is 6.15. The zero-order valence-electron chi connectivity index (χ0n) is 18.4. The van der Waals surface area contributed by atoms with Gasteiger partial charge in [-0.3, -0.25) is 0 Å². The van der Waals surface area contributed by atoms with E-state index in [1.54, 1.807) is 0 Å². The fraction of sp³-hybridized carbons (Fsp3) is 0.571. The molecule has 0 spiro atoms. The molecule has 2 aromatic rings. The van der Waals surface area contributed by atoms with Gasteiger partial charge < -0.3 is 43.8 Å². The van der Waals surface area contributed by atoms with E-state index < -0.39 is 0 Å². The summed E-state index contributed by atoms with van der Waals surface area (Å²) in [6, 6.07) is 7.39. The minimum atomic E-state index is -0.0225. The van der Waals surface area contributed by atoms with Crippen molar-refractivity contribution in [1.82, 2.24) is 15.0 Å². The molecule has 2 aliphatic rings. The van der Waals surface area contributed by atoms with Crippen LogP contribution in [0.2, 0.25) is 0 Å². The van der Waals surface area contributed by atoms with Crippen LogP contribution in [0.5, 0.6) is 0 Å². The zero-order chi connectivity index (χ0) is 22.7. The average Bonchev–Trinajstić information content (AvgIpc) is 2.79. The van der Waals surface area contributed by atoms with Gasteiger partial charge in [0.2, 0.25) is 17.8 Å². The van der Waals surface area contributed by atoms with Gasteiger partial charge in [0.15, 0.2) is 0 Å². The number of benzene rings is 1. The molecule has 174 valence electrons. The van der Waals surface area contributed by atoms with Crippen LogP contribution in [0.25, 0.3) is 0 Å². The molecule has 11 heteroatoms. The fourth-order valence-corrected chi connectivity index (χ4v) is 4.55. The summed E-state index contributed by atoms with van der Waals surface area (Å²) in [5.74, 6) is 2.34. The molecule has 0 saturated carbocycles. The van der Waals surface area contributed by atoms with Gasteiger partial charge in [-0.2, -0.15) is 15.0 Å². The zero-order valence-corrected chi connectivity index (χ0v) is 18.4. The summed E-state index contributed by atoms with van der Waals surface area (Å²) in [5.41, 5.74) is 31.8. The first-order valence-electron chi connectivity index (χ1n) is 11.2. The number of piperidine rings is 2. The number of nitrogens with zero attached hydrogens (tertiary/aromatic N) is 5. The summed E-state index contributed by atoms with van der Waals surface area (Å²) >= 11 is 0. The molecule has 0 bridgehead atoms. The Kier molecular flexibility index (Phi) is 6.89. The van der Waals surface area contributed by atoms with Crippen molar-refractivity contribution in [2.45, 2.75) is 24.9 Å². The normalized spacial score (nSPS) is 26.2. The van der Waals surface area contributed by atoms with Crippen molar-refractivity contribution >= 4 is 29.2 Å². The first-order valence-corrected chi connectivity index (χ1v) is 11.2. The average molecular weight is 442 g/mol. The summed E-state index contributed by atoms with van der Waals surface area (Å²) in [6.45, 7) is 4.09. The molecule has 32 heavy (non-hydrogen) atoms. The Bertz CT molecular complexity index is 868. The first kappa shape index (κ1) is 22.5. The van der Waals surface area contributed by atoms with Crippen molar-refractivity contribution in [1.29, 1.82) is 0 Å². The molecule has 2 aliphatic heterocycles. The first-order chi connectivity index (χ1) is 15.4. The number of nitrogens with one attached hydrogen (secondary N) is 1. The third kappa shape index (κ3) is 5.36. The highest BCUT2D eigenvalue weighted by atomic mass is 15.4. The molecule has 0 radical (unpaired) electrons. The molecule has 2 fully saturated rings. The smallest absolute Gasteiger partial charge is 0.233 e. The maximum atomic E-state index is 6.22. The summed E-state index contributed by atoms with van der Waals surface area (Å²) in [5, 5.41) is 3.28. The Hall–Kier alpha value is -2.73. The second-order valence-corrected chi connectivity index (χ2v) is 9.01. The standard InChI is InChI=1S/C21H35N11/c22-7-13-5-14(8-23)10-31(9-13)20-28-19(27-18-3-1-15(24)2-4-18)29-21(30-20)32-11-16(25)6-17(26)12-32/h1-4,13-14,16-17H,5-12,22-26H2,(H,27,28,29,30)/t13-,14+,16-,17+. The van der Waals surface area contributed by atoms with Gasteiger partial charge in [0.25, 0.3) is 0 Å². The van der Waals surface area contributed by atoms with Crippen LogP contribution in [-0.4, -0.2) is 66.3 Å². The summed E-state index contributed by atoms with van der Waals surface area (Å²) < 4.78 is 0. The van der Waals surface area contributed by atoms with Crippen LogP contribution in [0.15, 0.2) is 24.3 Å². The van der Waals surface area contributed by atoms with E-state index in [1.807, 2.05) is 29.2 Å². The van der Waals surface area contributed by atoms with Crippen LogP contribution < -0.4 is 43.8 Å². The molecule has 4 atom stereocenters. The lowest BCUT2D eigenvalue weighted by Crippen LogP contribution is -2.53. The molecular weight excluding hydrogens is 406 g/mol. The van der Waals surface area contributed by atoms with Crippen molar-refractivity contribution < 1.29 is 0 Å². The molecule has 0 aliphatic carbocycles. The highest BCUT2D eigenvalue weighted by Crippen LogP contribution is 2.27. The van der Waals surface area contributed by atoms with Crippen LogP contribution >= 0.6 is 0 Å². The molecule has 0 unspecified atom stereocenters. The molecule has 1 aromatic carbocycles. The second kappa shape index (κ2) is 9.82. The highest BCUT2D eigenvalue weighted by Gasteiger charge is 2.30. The molecule has 0 amide bonds. The Balaban J connectivity index is 1.67. The van der Waals surface area contributed by atoms with Crippen molar-refractivity contribution in [2.24, 2.45) is 34.8 Å². The van der Waals surface area contributed by atoms with Gasteiger partial charge in [0.1, 0.15) is 0 Å². The maximum absolute atomic E-state index is 6.22. The number of rotatable bonds is 6. The van der Waals surface area contributed by atoms with E-state index in [-0.39, 0.29) is 12.1 Å². The number of nitrogens with two attached hydrogens (primary N) is 5. The molecule has 2 saturated heterocycles. The van der Waals surface area contributed by atoms with Crippen LogP contribution in [0.4, 0.5) is 29.2 Å². The second-order valence-electron chi connectivity index (χ2n) is 9.01. The van der Waals surface area contributed by atoms with E-state index in [9.17, 15) is 0 Å². The highest BCUT2D eigenvalue weighted by molar-refractivity contribution is 5.59. The molecule has 4 rings (SSSR count). The van der Waals surface area contributed by atoms with Crippen LogP contribution in [0.3, 0.4) is 0 Å². The Morgan fingerprint density at radius 2 is 1.31 bits per heavy atom. The van der Waals surface area contributed by atoms with Gasteiger partial charge >= 0.3 is 0 Å². The van der Waals surface area contributed by atoms with Crippen LogP contribution in [0, 0.1) is 11.8 Å². The van der Waals surface area contributed by atoms with Crippen molar-refractivity contribution in [2.75, 3.05) is 60.1 Å². The number of hydrogen-bond acceptors (Lipinski definition) is 11. The Morgan fingerprint density at radius 3 is 1.84 bits per heavy atom. The Labute approximate surface area is 188 Å². The maximum Gasteiger partial charge on any atom is 0.233 e. The number of nitrogen functional groups attached to an aromatic ring is 1. The topological polar surface area (TPSA) is 187 Å². The fourth-order valence-electron chi connectivity index (χ4n) is 4.55. The molecular formula is C21H35N11. The van der Waals surface area contributed by atoms with Gasteiger partial charge in [-0.25, -0.2) is 0 Å². The predicted molar refractivity (Wildman–Crippen MR) is 129 cm³/mol. The van der Waals surface area contributed by atoms with Gasteiger partial charge in [0, 0.05) is 49.6 Å². The van der Waals surface area contributed by atoms with E-state index in [4.69, 9.17) is 43.6 Å². The lowest BCUT2D eigenvalue weighted by Gasteiger charge is -2.38. The van der Waals surface area contributed by atoms with E-state index in [0.29, 0.717) is 61.5 Å². The molecule has 11 N–H and O–H groups in total. The SMILES string of the molecule is NC[C@@H]1C[C@H](CN)CN(c2nc(Nc3ccc(N)cc3)nc(N3C[C@H](N)C[C@H](N)C3)n2)C1. The Morgan fingerprint density at radius 1 is 0.781 bits per heavy atom. The van der Waals surface area contributed by atoms with Gasteiger partial charge in [0.05, 0.1) is 0 Å². The summed E-state index contributed by atoms with van der Waals surface area (Å²) in [7, 11) is 0. The molecule has 1 aromatic heterocycles. The van der Waals surface area contributed by atoms with Crippen LogP contribution in [0.1, 0.15) is 12.8 Å². The molecule has 3 heterocycles. The van der Waals surface area contributed by atoms with E-state index in [0.717, 1.165) is 31.6 Å². The van der Waals surface area contributed by atoms with Gasteiger partial charge in [-0.15, -0.1) is 0 Å². The summed E-state index contributed by atoms with van der Waals surface area (Å²) in [4.78, 5) is 18.5. The minimum absolute atomic E-state index is 0.0225.